The molecule has 184 valence electrons. The van der Waals surface area contributed by atoms with Crippen LogP contribution in [0.1, 0.15) is 18.4 Å². The zero-order valence-electron chi connectivity index (χ0n) is 18.4. The van der Waals surface area contributed by atoms with Crippen LogP contribution in [-0.2, 0) is 15.8 Å². The Balaban J connectivity index is 1.46. The molecule has 2 aromatic carbocycles. The van der Waals surface area contributed by atoms with Gasteiger partial charge >= 0.3 is 6.18 Å². The van der Waals surface area contributed by atoms with Crippen molar-refractivity contribution in [1.29, 1.82) is 0 Å². The van der Waals surface area contributed by atoms with Gasteiger partial charge in [0.15, 0.2) is 6.61 Å². The summed E-state index contributed by atoms with van der Waals surface area (Å²) in [5.41, 5.74) is 4.85. The Morgan fingerprint density at radius 1 is 1.14 bits per heavy atom. The molecule has 7 nitrogen and oxygen atoms in total. The average Bonchev–Trinajstić information content (AvgIpc) is 2.83. The number of para-hydroxylation sites is 1. The number of primary amides is 1. The second kappa shape index (κ2) is 9.99. The van der Waals surface area contributed by atoms with E-state index in [-0.39, 0.29) is 22.5 Å². The van der Waals surface area contributed by atoms with Gasteiger partial charge in [-0.3, -0.25) is 9.59 Å². The van der Waals surface area contributed by atoms with E-state index in [9.17, 15) is 22.8 Å². The molecule has 0 saturated carbocycles. The number of nitrogens with two attached hydrogens (primary N) is 1. The number of carbonyl (C=O) groups excluding carboxylic acids is 2. The van der Waals surface area contributed by atoms with Crippen LogP contribution >= 0.6 is 11.6 Å². The van der Waals surface area contributed by atoms with Crippen LogP contribution < -0.4 is 20.7 Å². The van der Waals surface area contributed by atoms with Crippen molar-refractivity contribution >= 4 is 45.8 Å². The van der Waals surface area contributed by atoms with Gasteiger partial charge in [-0.15, -0.1) is 0 Å². The summed E-state index contributed by atoms with van der Waals surface area (Å²) in [6.45, 7) is 0.812. The lowest BCUT2D eigenvalue weighted by molar-refractivity contribution is -0.137. The molecule has 1 aliphatic heterocycles. The lowest BCUT2D eigenvalue weighted by Gasteiger charge is -2.31. The monoisotopic (exact) mass is 506 g/mol. The lowest BCUT2D eigenvalue weighted by Crippen LogP contribution is -2.38. The summed E-state index contributed by atoms with van der Waals surface area (Å²) in [6.07, 6.45) is -3.28. The van der Waals surface area contributed by atoms with Crippen molar-refractivity contribution in [1.82, 2.24) is 4.98 Å². The fourth-order valence-electron chi connectivity index (χ4n) is 3.92. The number of pyridine rings is 1. The molecule has 3 aromatic rings. The number of piperidine rings is 1. The lowest BCUT2D eigenvalue weighted by atomic mass is 9.96. The Morgan fingerprint density at radius 2 is 1.89 bits per heavy atom. The van der Waals surface area contributed by atoms with Gasteiger partial charge in [-0.25, -0.2) is 4.98 Å². The number of nitrogens with one attached hydrogen (secondary N) is 1. The number of alkyl halides is 3. The smallest absolute Gasteiger partial charge is 0.416 e. The highest BCUT2D eigenvalue weighted by molar-refractivity contribution is 6.33. The number of rotatable bonds is 6. The molecular weight excluding hydrogens is 485 g/mol. The minimum Gasteiger partial charge on any atom is -0.481 e. The summed E-state index contributed by atoms with van der Waals surface area (Å²) in [5.74, 6) is -0.0582. The number of fused-ring (bicyclic) bond motifs is 1. The number of benzene rings is 2. The van der Waals surface area contributed by atoms with Gasteiger partial charge in [0, 0.05) is 24.4 Å². The van der Waals surface area contributed by atoms with E-state index in [1.54, 1.807) is 12.1 Å². The van der Waals surface area contributed by atoms with Crippen LogP contribution in [0.4, 0.5) is 24.7 Å². The van der Waals surface area contributed by atoms with Crippen molar-refractivity contribution in [3.63, 3.8) is 0 Å². The maximum atomic E-state index is 13.0. The molecule has 1 aliphatic rings. The third-order valence-corrected chi connectivity index (χ3v) is 6.15. The van der Waals surface area contributed by atoms with Crippen LogP contribution in [0, 0.1) is 5.92 Å². The highest BCUT2D eigenvalue weighted by Gasteiger charge is 2.31. The molecule has 0 radical (unpaired) electrons. The number of carbonyl (C=O) groups is 2. The van der Waals surface area contributed by atoms with E-state index in [2.05, 4.69) is 10.2 Å². The van der Waals surface area contributed by atoms with Gasteiger partial charge in [0.05, 0.1) is 16.3 Å². The van der Waals surface area contributed by atoms with E-state index in [4.69, 9.17) is 27.1 Å². The van der Waals surface area contributed by atoms with Gasteiger partial charge in [0.1, 0.15) is 17.1 Å². The van der Waals surface area contributed by atoms with Crippen molar-refractivity contribution in [3.05, 3.63) is 59.1 Å². The van der Waals surface area contributed by atoms with Crippen molar-refractivity contribution in [3.8, 4) is 5.75 Å². The van der Waals surface area contributed by atoms with Crippen LogP contribution in [0.5, 0.6) is 5.75 Å². The normalized spacial score (nSPS) is 14.7. The standard InChI is InChI=1S/C24H22ClF3N4O3/c25-17-6-5-16(24(26,27)28)12-18(17)30-21(33)13-35-19-3-1-2-14-4-7-20(31-22(14)19)32-10-8-15(9-11-32)23(29)34/h1-7,12,15H,8-11,13H2,(H2,29,34)(H,30,33). The molecule has 4 rings (SSSR count). The molecule has 0 unspecified atom stereocenters. The van der Waals surface area contributed by atoms with Crippen LogP contribution in [0.25, 0.3) is 10.9 Å². The molecule has 0 aliphatic carbocycles. The molecule has 11 heteroatoms. The second-order valence-corrected chi connectivity index (χ2v) is 8.60. The molecule has 1 fully saturated rings. The van der Waals surface area contributed by atoms with Gasteiger partial charge in [0.2, 0.25) is 5.91 Å². The molecule has 0 spiro atoms. The molecule has 1 saturated heterocycles. The van der Waals surface area contributed by atoms with Crippen LogP contribution in [-0.4, -0.2) is 36.5 Å². The fourth-order valence-corrected chi connectivity index (χ4v) is 4.09. The quantitative estimate of drug-likeness (QED) is 0.508. The predicted octanol–water partition coefficient (Wildman–Crippen LogP) is 4.63. The highest BCUT2D eigenvalue weighted by atomic mass is 35.5. The van der Waals surface area contributed by atoms with Gasteiger partial charge < -0.3 is 20.7 Å². The van der Waals surface area contributed by atoms with Crippen molar-refractivity contribution in [2.45, 2.75) is 19.0 Å². The Kier molecular flexibility index (Phi) is 7.02. The van der Waals surface area contributed by atoms with Crippen molar-refractivity contribution in [2.75, 3.05) is 29.9 Å². The fraction of sp³-hybridized carbons (Fsp3) is 0.292. The van der Waals surface area contributed by atoms with E-state index in [0.717, 1.165) is 23.6 Å². The number of hydrogen-bond donors (Lipinski definition) is 2. The largest absolute Gasteiger partial charge is 0.481 e. The molecule has 0 bridgehead atoms. The van der Waals surface area contributed by atoms with E-state index >= 15 is 0 Å². The van der Waals surface area contributed by atoms with Crippen LogP contribution in [0.3, 0.4) is 0 Å². The van der Waals surface area contributed by atoms with Crippen molar-refractivity contribution in [2.24, 2.45) is 11.7 Å². The molecule has 0 atom stereocenters. The van der Waals surface area contributed by atoms with Gasteiger partial charge in [-0.05, 0) is 49.2 Å². The van der Waals surface area contributed by atoms with E-state index in [1.807, 2.05) is 18.2 Å². The third-order valence-electron chi connectivity index (χ3n) is 5.82. The summed E-state index contributed by atoms with van der Waals surface area (Å²) in [6, 6.07) is 11.7. The molecule has 2 heterocycles. The maximum Gasteiger partial charge on any atom is 0.416 e. The average molecular weight is 507 g/mol. The number of nitrogens with zero attached hydrogens (tertiary/aromatic N) is 2. The van der Waals surface area contributed by atoms with Gasteiger partial charge in [-0.2, -0.15) is 13.2 Å². The zero-order chi connectivity index (χ0) is 25.2. The van der Waals surface area contributed by atoms with Crippen LogP contribution in [0.2, 0.25) is 5.02 Å². The Labute approximate surface area is 204 Å². The number of amides is 2. The SMILES string of the molecule is NC(=O)C1CCN(c2ccc3cccc(OCC(=O)Nc4cc(C(F)(F)F)ccc4Cl)c3n2)CC1. The zero-order valence-corrected chi connectivity index (χ0v) is 19.2. The van der Waals surface area contributed by atoms with Gasteiger partial charge in [-0.1, -0.05) is 23.7 Å². The second-order valence-electron chi connectivity index (χ2n) is 8.19. The minimum atomic E-state index is -4.57. The number of hydrogen-bond acceptors (Lipinski definition) is 5. The number of aromatic nitrogens is 1. The number of anilines is 2. The Hall–Kier alpha value is -3.53. The molecular formula is C24H22ClF3N4O3. The topological polar surface area (TPSA) is 97.5 Å². The first-order valence-electron chi connectivity index (χ1n) is 10.9. The highest BCUT2D eigenvalue weighted by Crippen LogP contribution is 2.34. The van der Waals surface area contributed by atoms with Gasteiger partial charge in [0.25, 0.3) is 5.91 Å². The Bertz CT molecular complexity index is 1260. The van der Waals surface area contributed by atoms with E-state index in [1.165, 1.54) is 0 Å². The first-order chi connectivity index (χ1) is 16.6. The molecule has 35 heavy (non-hydrogen) atoms. The van der Waals surface area contributed by atoms with Crippen molar-refractivity contribution < 1.29 is 27.5 Å². The molecule has 1 aromatic heterocycles. The maximum absolute atomic E-state index is 13.0. The third kappa shape index (κ3) is 5.76. The summed E-state index contributed by atoms with van der Waals surface area (Å²) < 4.78 is 44.6. The van der Waals surface area contributed by atoms with E-state index in [0.29, 0.717) is 43.0 Å². The first kappa shape index (κ1) is 24.6. The minimum absolute atomic E-state index is 0.0251. The number of halogens is 4. The first-order valence-corrected chi connectivity index (χ1v) is 11.2. The summed E-state index contributed by atoms with van der Waals surface area (Å²) >= 11 is 5.94. The van der Waals surface area contributed by atoms with E-state index < -0.39 is 24.3 Å². The predicted molar refractivity (Wildman–Crippen MR) is 126 cm³/mol. The summed E-state index contributed by atoms with van der Waals surface area (Å²) in [7, 11) is 0. The summed E-state index contributed by atoms with van der Waals surface area (Å²) in [4.78, 5) is 30.6. The Morgan fingerprint density at radius 3 is 2.57 bits per heavy atom. The summed E-state index contributed by atoms with van der Waals surface area (Å²) in [5, 5.41) is 3.12. The number of ether oxygens (including phenoxy) is 1. The molecule has 3 N–H and O–H groups in total. The molecule has 2 amide bonds. The van der Waals surface area contributed by atoms with Crippen LogP contribution in [0.15, 0.2) is 48.5 Å².